The molecule has 0 amide bonds. The van der Waals surface area contributed by atoms with Crippen LogP contribution in [0.2, 0.25) is 0 Å². The standard InChI is InChI=1S/C13H16N4O2S/c1-8-5-6-12(19-4)11(7-8)17-13(14-15-16-17)20-10(3)9(2)18/h5-7,10H,1-4H3/t10-/m1/s1. The lowest BCUT2D eigenvalue weighted by Gasteiger charge is -2.11. The lowest BCUT2D eigenvalue weighted by atomic mass is 10.2. The lowest BCUT2D eigenvalue weighted by molar-refractivity contribution is -0.116. The van der Waals surface area contributed by atoms with Crippen LogP contribution in [0.5, 0.6) is 5.75 Å². The maximum absolute atomic E-state index is 11.4. The Balaban J connectivity index is 2.41. The second-order valence-electron chi connectivity index (χ2n) is 4.42. The zero-order valence-corrected chi connectivity index (χ0v) is 12.6. The Labute approximate surface area is 121 Å². The number of ketones is 1. The van der Waals surface area contributed by atoms with Crippen molar-refractivity contribution in [3.8, 4) is 11.4 Å². The van der Waals surface area contributed by atoms with E-state index in [1.807, 2.05) is 32.0 Å². The Bertz CT molecular complexity index is 627. The van der Waals surface area contributed by atoms with E-state index in [0.717, 1.165) is 11.3 Å². The van der Waals surface area contributed by atoms with Gasteiger partial charge in [0.05, 0.1) is 12.4 Å². The van der Waals surface area contributed by atoms with Crippen LogP contribution in [0.25, 0.3) is 5.69 Å². The first kappa shape index (κ1) is 14.5. The summed E-state index contributed by atoms with van der Waals surface area (Å²) < 4.78 is 6.93. The number of hydrogen-bond donors (Lipinski definition) is 0. The van der Waals surface area contributed by atoms with E-state index in [0.29, 0.717) is 10.9 Å². The first-order valence-corrected chi connectivity index (χ1v) is 7.01. The van der Waals surface area contributed by atoms with Crippen LogP contribution in [0.15, 0.2) is 23.4 Å². The molecule has 1 aromatic carbocycles. The van der Waals surface area contributed by atoms with Crippen molar-refractivity contribution in [2.45, 2.75) is 31.2 Å². The summed E-state index contributed by atoms with van der Waals surface area (Å²) in [5, 5.41) is 12.0. The van der Waals surface area contributed by atoms with E-state index in [-0.39, 0.29) is 11.0 Å². The van der Waals surface area contributed by atoms with Crippen molar-refractivity contribution >= 4 is 17.5 Å². The van der Waals surface area contributed by atoms with Crippen molar-refractivity contribution in [3.63, 3.8) is 0 Å². The van der Waals surface area contributed by atoms with Crippen LogP contribution < -0.4 is 4.74 Å². The summed E-state index contributed by atoms with van der Waals surface area (Å²) in [4.78, 5) is 11.4. The van der Waals surface area contributed by atoms with Gasteiger partial charge in [0.2, 0.25) is 5.16 Å². The molecule has 2 aromatic rings. The molecule has 1 heterocycles. The van der Waals surface area contributed by atoms with Crippen molar-refractivity contribution in [1.82, 2.24) is 20.2 Å². The average molecular weight is 292 g/mol. The topological polar surface area (TPSA) is 69.9 Å². The number of rotatable bonds is 5. The van der Waals surface area contributed by atoms with Gasteiger partial charge < -0.3 is 4.74 Å². The van der Waals surface area contributed by atoms with E-state index < -0.39 is 0 Å². The van der Waals surface area contributed by atoms with Gasteiger partial charge in [-0.15, -0.1) is 5.10 Å². The summed E-state index contributed by atoms with van der Waals surface area (Å²) in [6.07, 6.45) is 0. The molecule has 7 heteroatoms. The normalized spacial score (nSPS) is 12.2. The van der Waals surface area contributed by atoms with Crippen LogP contribution in [0, 0.1) is 6.92 Å². The second kappa shape index (κ2) is 6.04. The van der Waals surface area contributed by atoms with E-state index in [2.05, 4.69) is 15.5 Å². The molecule has 0 saturated carbocycles. The molecule has 0 spiro atoms. The van der Waals surface area contributed by atoms with Gasteiger partial charge in [0, 0.05) is 0 Å². The first-order valence-electron chi connectivity index (χ1n) is 6.13. The molecule has 2 rings (SSSR count). The van der Waals surface area contributed by atoms with E-state index in [1.54, 1.807) is 18.7 Å². The largest absolute Gasteiger partial charge is 0.494 e. The number of methoxy groups -OCH3 is 1. The smallest absolute Gasteiger partial charge is 0.214 e. The number of tetrazole rings is 1. The Morgan fingerprint density at radius 2 is 2.20 bits per heavy atom. The van der Waals surface area contributed by atoms with Gasteiger partial charge in [-0.05, 0) is 48.9 Å². The van der Waals surface area contributed by atoms with Gasteiger partial charge in [0.15, 0.2) is 0 Å². The Hall–Kier alpha value is -1.89. The third-order valence-electron chi connectivity index (χ3n) is 2.86. The van der Waals surface area contributed by atoms with Crippen molar-refractivity contribution in [1.29, 1.82) is 0 Å². The minimum absolute atomic E-state index is 0.0840. The minimum atomic E-state index is -0.199. The third-order valence-corrected chi connectivity index (χ3v) is 4.01. The molecule has 0 unspecified atom stereocenters. The number of nitrogens with zero attached hydrogens (tertiary/aromatic N) is 4. The van der Waals surface area contributed by atoms with Crippen LogP contribution in [-0.2, 0) is 4.79 Å². The highest BCUT2D eigenvalue weighted by atomic mass is 32.2. The van der Waals surface area contributed by atoms with E-state index in [4.69, 9.17) is 4.74 Å². The molecule has 0 bridgehead atoms. The first-order chi connectivity index (χ1) is 9.52. The van der Waals surface area contributed by atoms with Gasteiger partial charge in [0.25, 0.3) is 0 Å². The molecule has 6 nitrogen and oxygen atoms in total. The number of benzene rings is 1. The number of thioether (sulfide) groups is 1. The summed E-state index contributed by atoms with van der Waals surface area (Å²) >= 11 is 1.33. The minimum Gasteiger partial charge on any atom is -0.494 e. The molecule has 0 radical (unpaired) electrons. The highest BCUT2D eigenvalue weighted by molar-refractivity contribution is 8.00. The van der Waals surface area contributed by atoms with Crippen LogP contribution in [-0.4, -0.2) is 38.4 Å². The number of Topliss-reactive ketones (excluding diaryl/α,β-unsaturated/α-hetero) is 1. The molecule has 0 aliphatic rings. The summed E-state index contributed by atoms with van der Waals surface area (Å²) in [7, 11) is 1.60. The highest BCUT2D eigenvalue weighted by Crippen LogP contribution is 2.28. The van der Waals surface area contributed by atoms with Crippen LogP contribution >= 0.6 is 11.8 Å². The molecule has 0 N–H and O–H groups in total. The number of aromatic nitrogens is 4. The monoisotopic (exact) mass is 292 g/mol. The van der Waals surface area contributed by atoms with Gasteiger partial charge in [0.1, 0.15) is 17.2 Å². The molecule has 106 valence electrons. The fourth-order valence-corrected chi connectivity index (χ4v) is 2.41. The van der Waals surface area contributed by atoms with Gasteiger partial charge >= 0.3 is 0 Å². The number of carbonyl (C=O) groups excluding carboxylic acids is 1. The van der Waals surface area contributed by atoms with Crippen molar-refractivity contribution < 1.29 is 9.53 Å². The maximum Gasteiger partial charge on any atom is 0.214 e. The van der Waals surface area contributed by atoms with Gasteiger partial charge in [-0.3, -0.25) is 4.79 Å². The molecule has 0 saturated heterocycles. The second-order valence-corrected chi connectivity index (χ2v) is 5.73. The highest BCUT2D eigenvalue weighted by Gasteiger charge is 2.18. The quantitative estimate of drug-likeness (QED) is 0.786. The van der Waals surface area contributed by atoms with Crippen LogP contribution in [0.3, 0.4) is 0 Å². The van der Waals surface area contributed by atoms with Crippen molar-refractivity contribution in [2.24, 2.45) is 0 Å². The SMILES string of the molecule is COc1ccc(C)cc1-n1nnnc1S[C@H](C)C(C)=O. The fourth-order valence-electron chi connectivity index (χ4n) is 1.61. The number of hydrogen-bond acceptors (Lipinski definition) is 6. The van der Waals surface area contributed by atoms with Gasteiger partial charge in [-0.2, -0.15) is 4.68 Å². The van der Waals surface area contributed by atoms with E-state index >= 15 is 0 Å². The number of ether oxygens (including phenoxy) is 1. The molecule has 0 fully saturated rings. The lowest BCUT2D eigenvalue weighted by Crippen LogP contribution is -2.10. The Morgan fingerprint density at radius 3 is 2.85 bits per heavy atom. The zero-order valence-electron chi connectivity index (χ0n) is 11.8. The Kier molecular flexibility index (Phi) is 4.39. The predicted molar refractivity (Wildman–Crippen MR) is 76.4 cm³/mol. The maximum atomic E-state index is 11.4. The fraction of sp³-hybridized carbons (Fsp3) is 0.385. The molecule has 1 atom stereocenters. The summed E-state index contributed by atoms with van der Waals surface area (Å²) in [5.74, 6) is 0.765. The third kappa shape index (κ3) is 2.98. The molecular weight excluding hydrogens is 276 g/mol. The molecule has 1 aromatic heterocycles. The Morgan fingerprint density at radius 1 is 1.45 bits per heavy atom. The molecule has 0 aliphatic heterocycles. The summed E-state index contributed by atoms with van der Waals surface area (Å²) in [6, 6.07) is 5.77. The predicted octanol–water partition coefficient (Wildman–Crippen LogP) is 2.05. The van der Waals surface area contributed by atoms with E-state index in [9.17, 15) is 4.79 Å². The molecule has 20 heavy (non-hydrogen) atoms. The van der Waals surface area contributed by atoms with Gasteiger partial charge in [-0.25, -0.2) is 0 Å². The average Bonchev–Trinajstić information content (AvgIpc) is 2.86. The van der Waals surface area contributed by atoms with E-state index in [1.165, 1.54) is 11.8 Å². The molecule has 0 aliphatic carbocycles. The summed E-state index contributed by atoms with van der Waals surface area (Å²) in [6.45, 7) is 5.37. The van der Waals surface area contributed by atoms with Crippen LogP contribution in [0.1, 0.15) is 19.4 Å². The number of aryl methyl sites for hydroxylation is 1. The summed E-state index contributed by atoms with van der Waals surface area (Å²) in [5.41, 5.74) is 1.84. The zero-order chi connectivity index (χ0) is 14.7. The van der Waals surface area contributed by atoms with Gasteiger partial charge in [-0.1, -0.05) is 17.8 Å². The molecular formula is C13H16N4O2S. The number of carbonyl (C=O) groups is 1. The van der Waals surface area contributed by atoms with Crippen LogP contribution in [0.4, 0.5) is 0 Å². The van der Waals surface area contributed by atoms with Crippen molar-refractivity contribution in [3.05, 3.63) is 23.8 Å². The van der Waals surface area contributed by atoms with Crippen molar-refractivity contribution in [2.75, 3.05) is 7.11 Å².